The molecule has 2 aromatic carbocycles. The predicted octanol–water partition coefficient (Wildman–Crippen LogP) is 3.37. The van der Waals surface area contributed by atoms with Crippen molar-refractivity contribution in [1.82, 2.24) is 4.98 Å². The van der Waals surface area contributed by atoms with E-state index in [1.165, 1.54) is 0 Å². The lowest BCUT2D eigenvalue weighted by atomic mass is 10.1. The predicted molar refractivity (Wildman–Crippen MR) is 103 cm³/mol. The second-order valence-corrected chi connectivity index (χ2v) is 5.53. The van der Waals surface area contributed by atoms with Gasteiger partial charge in [0, 0.05) is 17.8 Å². The highest BCUT2D eigenvalue weighted by atomic mass is 16.6. The summed E-state index contributed by atoms with van der Waals surface area (Å²) in [7, 11) is 3.25. The number of nitro benzene ring substituents is 3. The van der Waals surface area contributed by atoms with E-state index >= 15 is 0 Å². The van der Waals surface area contributed by atoms with Crippen molar-refractivity contribution in [2.45, 2.75) is 0 Å². The first kappa shape index (κ1) is 21.7. The molecule has 0 radical (unpaired) electrons. The molecular weight excluding hydrogens is 404 g/mol. The molecule has 0 amide bonds. The molecule has 0 unspecified atom stereocenters. The van der Waals surface area contributed by atoms with Gasteiger partial charge in [-0.3, -0.25) is 35.3 Å². The summed E-state index contributed by atoms with van der Waals surface area (Å²) in [6.07, 6.45) is 3.56. The smallest absolute Gasteiger partial charge is 0.324 e. The number of fused-ring (bicyclic) bond motifs is 1. The first-order chi connectivity index (χ1) is 14.2. The van der Waals surface area contributed by atoms with Crippen LogP contribution in [0.3, 0.4) is 0 Å². The third kappa shape index (κ3) is 4.64. The molecule has 0 aliphatic heterocycles. The van der Waals surface area contributed by atoms with Crippen molar-refractivity contribution in [1.29, 1.82) is 0 Å². The number of methoxy groups -OCH3 is 2. The fourth-order valence-corrected chi connectivity index (χ4v) is 2.39. The molecule has 0 saturated carbocycles. The number of non-ortho nitro benzene ring substituents is 1. The van der Waals surface area contributed by atoms with Gasteiger partial charge in [-0.2, -0.15) is 0 Å². The average molecular weight is 418 g/mol. The van der Waals surface area contributed by atoms with E-state index in [9.17, 15) is 30.3 Å². The maximum Gasteiger partial charge on any atom is 0.324 e. The van der Waals surface area contributed by atoms with Crippen molar-refractivity contribution in [3.05, 3.63) is 73.1 Å². The van der Waals surface area contributed by atoms with Crippen LogP contribution in [0, 0.1) is 30.3 Å². The number of nitrogens with zero attached hydrogens (tertiary/aromatic N) is 4. The summed E-state index contributed by atoms with van der Waals surface area (Å²) in [6, 6.07) is 6.69. The van der Waals surface area contributed by atoms with Crippen LogP contribution in [-0.2, 0) is 0 Å². The quantitative estimate of drug-likeness (QED) is 0.476. The van der Waals surface area contributed by atoms with Crippen LogP contribution in [0.25, 0.3) is 10.8 Å². The minimum atomic E-state index is -1.21. The molecule has 13 nitrogen and oxygen atoms in total. The van der Waals surface area contributed by atoms with E-state index in [-0.39, 0.29) is 0 Å². The van der Waals surface area contributed by atoms with E-state index in [1.54, 1.807) is 26.6 Å². The number of hydrogen-bond acceptors (Lipinski definition) is 10. The molecule has 0 aliphatic rings. The van der Waals surface area contributed by atoms with Gasteiger partial charge in [-0.1, -0.05) is 0 Å². The number of phenols is 1. The van der Waals surface area contributed by atoms with Gasteiger partial charge in [-0.15, -0.1) is 0 Å². The molecule has 0 saturated heterocycles. The molecule has 3 rings (SSSR count). The van der Waals surface area contributed by atoms with Crippen LogP contribution in [0.2, 0.25) is 0 Å². The molecule has 3 aromatic rings. The number of nitro groups is 3. The molecule has 0 fully saturated rings. The van der Waals surface area contributed by atoms with Crippen molar-refractivity contribution in [3.8, 4) is 17.2 Å². The number of phenolic OH excluding ortho intramolecular Hbond substituents is 1. The summed E-state index contributed by atoms with van der Waals surface area (Å²) in [5.41, 5.74) is -3.00. The Balaban J connectivity index is 0.000000215. The molecule has 13 heteroatoms. The number of rotatable bonds is 5. The van der Waals surface area contributed by atoms with Crippen molar-refractivity contribution in [2.75, 3.05) is 14.2 Å². The highest BCUT2D eigenvalue weighted by molar-refractivity contribution is 5.85. The topological polar surface area (TPSA) is 181 Å². The van der Waals surface area contributed by atoms with Gasteiger partial charge in [-0.25, -0.2) is 0 Å². The van der Waals surface area contributed by atoms with Gasteiger partial charge >= 0.3 is 11.4 Å². The summed E-state index contributed by atoms with van der Waals surface area (Å²) >= 11 is 0. The summed E-state index contributed by atoms with van der Waals surface area (Å²) in [4.78, 5) is 31.8. The largest absolute Gasteiger partial charge is 0.497 e. The van der Waals surface area contributed by atoms with Gasteiger partial charge in [0.15, 0.2) is 11.5 Å². The molecule has 0 spiro atoms. The second kappa shape index (κ2) is 9.09. The summed E-state index contributed by atoms with van der Waals surface area (Å²) in [6.45, 7) is 0. The third-order valence-electron chi connectivity index (χ3n) is 3.80. The Kier molecular flexibility index (Phi) is 6.59. The van der Waals surface area contributed by atoms with Crippen LogP contribution >= 0.6 is 0 Å². The Morgan fingerprint density at radius 3 is 1.77 bits per heavy atom. The zero-order chi connectivity index (χ0) is 22.4. The molecule has 0 aliphatic carbocycles. The lowest BCUT2D eigenvalue weighted by molar-refractivity contribution is -0.404. The standard InChI is InChI=1S/C11H11NO2.C6H3N3O7/c1-13-10-5-8-3-4-12-7-9(8)6-11(10)14-2;10-6-4(8(13)14)1-3(7(11)12)2-5(6)9(15)16/h3-7H,1-2H3;1-2,10H. The monoisotopic (exact) mass is 418 g/mol. The maximum absolute atomic E-state index is 10.4. The lowest BCUT2D eigenvalue weighted by Crippen LogP contribution is -1.97. The van der Waals surface area contributed by atoms with E-state index in [2.05, 4.69) is 4.98 Å². The van der Waals surface area contributed by atoms with Gasteiger partial charge in [0.2, 0.25) is 0 Å². The fourth-order valence-electron chi connectivity index (χ4n) is 2.39. The number of aromatic hydroxyl groups is 1. The SMILES string of the molecule is COc1cc2ccncc2cc1OC.O=[N+]([O-])c1cc([N+](=O)[O-])c(O)c([N+](=O)[O-])c1. The van der Waals surface area contributed by atoms with Gasteiger partial charge in [0.05, 0.1) is 41.1 Å². The first-order valence-electron chi connectivity index (χ1n) is 7.95. The minimum Gasteiger partial charge on any atom is -0.497 e. The number of aromatic nitrogens is 1. The molecule has 0 bridgehead atoms. The van der Waals surface area contributed by atoms with E-state index in [4.69, 9.17) is 14.6 Å². The number of benzene rings is 2. The van der Waals surface area contributed by atoms with Crippen LogP contribution in [-0.4, -0.2) is 39.1 Å². The Morgan fingerprint density at radius 2 is 1.33 bits per heavy atom. The van der Waals surface area contributed by atoms with Crippen molar-refractivity contribution < 1.29 is 29.4 Å². The van der Waals surface area contributed by atoms with Crippen molar-refractivity contribution in [2.24, 2.45) is 0 Å². The molecule has 0 atom stereocenters. The average Bonchev–Trinajstić information content (AvgIpc) is 2.72. The molecule has 30 heavy (non-hydrogen) atoms. The van der Waals surface area contributed by atoms with Crippen LogP contribution in [0.15, 0.2) is 42.7 Å². The van der Waals surface area contributed by atoms with Crippen LogP contribution < -0.4 is 9.47 Å². The molecular formula is C17H14N4O9. The zero-order valence-electron chi connectivity index (χ0n) is 15.5. The van der Waals surface area contributed by atoms with Crippen molar-refractivity contribution in [3.63, 3.8) is 0 Å². The minimum absolute atomic E-state index is 0.447. The molecule has 1 N–H and O–H groups in total. The van der Waals surface area contributed by atoms with E-state index in [0.717, 1.165) is 22.3 Å². The van der Waals surface area contributed by atoms with E-state index in [0.29, 0.717) is 12.1 Å². The normalized spacial score (nSPS) is 9.93. The number of hydrogen-bond donors (Lipinski definition) is 1. The Labute approximate surface area is 167 Å². The second-order valence-electron chi connectivity index (χ2n) is 5.53. The summed E-state index contributed by atoms with van der Waals surface area (Å²) in [5, 5.41) is 42.4. The van der Waals surface area contributed by atoms with Crippen LogP contribution in [0.5, 0.6) is 17.2 Å². The third-order valence-corrected chi connectivity index (χ3v) is 3.80. The van der Waals surface area contributed by atoms with Gasteiger partial charge in [0.1, 0.15) is 0 Å². The summed E-state index contributed by atoms with van der Waals surface area (Å²) < 4.78 is 10.4. The van der Waals surface area contributed by atoms with E-state index < -0.39 is 37.6 Å². The molecule has 156 valence electrons. The Bertz CT molecular complexity index is 1060. The molecule has 1 aromatic heterocycles. The van der Waals surface area contributed by atoms with Crippen LogP contribution in [0.4, 0.5) is 17.1 Å². The first-order valence-corrected chi connectivity index (χ1v) is 7.95. The van der Waals surface area contributed by atoms with Crippen molar-refractivity contribution >= 4 is 27.8 Å². The lowest BCUT2D eigenvalue weighted by Gasteiger charge is -2.08. The summed E-state index contributed by atoms with van der Waals surface area (Å²) in [5.74, 6) is 0.264. The van der Waals surface area contributed by atoms with Gasteiger partial charge < -0.3 is 14.6 Å². The van der Waals surface area contributed by atoms with E-state index in [1.807, 2.05) is 18.2 Å². The number of ether oxygens (including phenoxy) is 2. The van der Waals surface area contributed by atoms with Gasteiger partial charge in [0.25, 0.3) is 11.4 Å². The van der Waals surface area contributed by atoms with Crippen LogP contribution in [0.1, 0.15) is 0 Å². The Hall–Kier alpha value is -4.55. The maximum atomic E-state index is 10.4. The van der Waals surface area contributed by atoms with Gasteiger partial charge in [-0.05, 0) is 23.6 Å². The zero-order valence-corrected chi connectivity index (χ0v) is 15.5. The highest BCUT2D eigenvalue weighted by Gasteiger charge is 2.30. The highest BCUT2D eigenvalue weighted by Crippen LogP contribution is 2.39. The Morgan fingerprint density at radius 1 is 0.833 bits per heavy atom. The molecule has 1 heterocycles. The number of pyridine rings is 1. The fraction of sp³-hybridized carbons (Fsp3) is 0.118.